The van der Waals surface area contributed by atoms with Crippen LogP contribution in [0, 0.1) is 11.8 Å². The summed E-state index contributed by atoms with van der Waals surface area (Å²) in [5, 5.41) is 7.68. The van der Waals surface area contributed by atoms with Crippen molar-refractivity contribution in [1.82, 2.24) is 0 Å². The topological polar surface area (TPSA) is 115 Å². The van der Waals surface area contributed by atoms with Gasteiger partial charge in [0.05, 0.1) is 10.8 Å². The van der Waals surface area contributed by atoms with E-state index < -0.39 is 10.0 Å². The number of primary sulfonamides is 1. The molecule has 7 heteroatoms. The van der Waals surface area contributed by atoms with E-state index in [0.717, 1.165) is 0 Å². The van der Waals surface area contributed by atoms with E-state index in [4.69, 9.17) is 10.9 Å². The quantitative estimate of drug-likeness (QED) is 0.730. The van der Waals surface area contributed by atoms with Crippen LogP contribution in [-0.2, 0) is 14.8 Å². The first kappa shape index (κ1) is 15.6. The maximum Gasteiger partial charge on any atom is 0.238 e. The normalized spacial score (nSPS) is 13.3. The molecule has 106 valence electrons. The van der Waals surface area contributed by atoms with Crippen molar-refractivity contribution in [3.05, 3.63) is 24.3 Å². The fourth-order valence-electron chi connectivity index (χ4n) is 1.67. The van der Waals surface area contributed by atoms with Crippen LogP contribution in [0.15, 0.2) is 29.2 Å². The standard InChI is InChI=1S/C12H19N3O3S/c1-8(2)11(7-13)12(16)15-9-4-3-5-10(6-9)19(14,17)18/h3-6,8,11H,7,13H2,1-2H3,(H,15,16)(H2,14,17,18). The first-order chi connectivity index (χ1) is 8.75. The van der Waals surface area contributed by atoms with Gasteiger partial charge in [-0.3, -0.25) is 4.79 Å². The third-order valence-corrected chi connectivity index (χ3v) is 3.74. The molecule has 1 rings (SSSR count). The average Bonchev–Trinajstić information content (AvgIpc) is 2.28. The fraction of sp³-hybridized carbons (Fsp3) is 0.417. The lowest BCUT2D eigenvalue weighted by Crippen LogP contribution is -2.33. The molecule has 0 bridgehead atoms. The molecule has 1 aromatic rings. The van der Waals surface area contributed by atoms with E-state index in [0.29, 0.717) is 5.69 Å². The van der Waals surface area contributed by atoms with Crippen LogP contribution in [0.3, 0.4) is 0 Å². The van der Waals surface area contributed by atoms with Crippen LogP contribution in [0.25, 0.3) is 0 Å². The molecular formula is C12H19N3O3S. The Morgan fingerprint density at radius 2 is 2.00 bits per heavy atom. The molecule has 6 nitrogen and oxygen atoms in total. The van der Waals surface area contributed by atoms with E-state index in [1.54, 1.807) is 6.07 Å². The van der Waals surface area contributed by atoms with Crippen molar-refractivity contribution in [2.45, 2.75) is 18.7 Å². The Kier molecular flexibility index (Phi) is 5.04. The summed E-state index contributed by atoms with van der Waals surface area (Å²) in [4.78, 5) is 11.9. The molecule has 0 spiro atoms. The van der Waals surface area contributed by atoms with E-state index in [-0.39, 0.29) is 29.2 Å². The molecular weight excluding hydrogens is 266 g/mol. The Bertz CT molecular complexity index is 555. The number of hydrogen-bond donors (Lipinski definition) is 3. The number of hydrogen-bond acceptors (Lipinski definition) is 4. The van der Waals surface area contributed by atoms with Gasteiger partial charge in [0.1, 0.15) is 0 Å². The molecule has 19 heavy (non-hydrogen) atoms. The number of carbonyl (C=O) groups excluding carboxylic acids is 1. The van der Waals surface area contributed by atoms with Crippen LogP contribution in [0.2, 0.25) is 0 Å². The maximum atomic E-state index is 12.0. The second-order valence-corrected chi connectivity index (χ2v) is 6.21. The third-order valence-electron chi connectivity index (χ3n) is 2.83. The number of nitrogens with one attached hydrogen (secondary N) is 1. The first-order valence-electron chi connectivity index (χ1n) is 5.89. The molecule has 0 saturated carbocycles. The van der Waals surface area contributed by atoms with Crippen molar-refractivity contribution in [3.8, 4) is 0 Å². The molecule has 0 heterocycles. The second-order valence-electron chi connectivity index (χ2n) is 4.65. The summed E-state index contributed by atoms with van der Waals surface area (Å²) in [7, 11) is -3.78. The van der Waals surface area contributed by atoms with Gasteiger partial charge < -0.3 is 11.1 Å². The molecule has 0 fully saturated rings. The highest BCUT2D eigenvalue weighted by Crippen LogP contribution is 2.17. The van der Waals surface area contributed by atoms with Gasteiger partial charge in [-0.2, -0.15) is 0 Å². The van der Waals surface area contributed by atoms with Gasteiger partial charge in [-0.1, -0.05) is 19.9 Å². The second kappa shape index (κ2) is 6.14. The highest BCUT2D eigenvalue weighted by atomic mass is 32.2. The lowest BCUT2D eigenvalue weighted by Gasteiger charge is -2.18. The van der Waals surface area contributed by atoms with Crippen molar-refractivity contribution in [2.75, 3.05) is 11.9 Å². The summed E-state index contributed by atoms with van der Waals surface area (Å²) in [6.45, 7) is 4.04. The largest absolute Gasteiger partial charge is 0.330 e. The van der Waals surface area contributed by atoms with Gasteiger partial charge in [-0.05, 0) is 24.1 Å². The van der Waals surface area contributed by atoms with E-state index >= 15 is 0 Å². The van der Waals surface area contributed by atoms with Crippen LogP contribution in [0.4, 0.5) is 5.69 Å². The molecule has 5 N–H and O–H groups in total. The molecule has 0 aliphatic heterocycles. The minimum atomic E-state index is -3.78. The number of sulfonamides is 1. The number of amides is 1. The Morgan fingerprint density at radius 3 is 2.47 bits per heavy atom. The fourth-order valence-corrected chi connectivity index (χ4v) is 2.23. The molecule has 0 aromatic heterocycles. The molecule has 0 saturated heterocycles. The number of carbonyl (C=O) groups is 1. The zero-order chi connectivity index (χ0) is 14.6. The summed E-state index contributed by atoms with van der Waals surface area (Å²) in [5.74, 6) is -0.450. The Morgan fingerprint density at radius 1 is 1.37 bits per heavy atom. The zero-order valence-corrected chi connectivity index (χ0v) is 11.8. The van der Waals surface area contributed by atoms with Crippen molar-refractivity contribution in [3.63, 3.8) is 0 Å². The molecule has 1 aromatic carbocycles. The van der Waals surface area contributed by atoms with Crippen molar-refractivity contribution in [2.24, 2.45) is 22.7 Å². The molecule has 0 aliphatic rings. The smallest absolute Gasteiger partial charge is 0.238 e. The third kappa shape index (κ3) is 4.30. The SMILES string of the molecule is CC(C)C(CN)C(=O)Nc1cccc(S(N)(=O)=O)c1. The van der Waals surface area contributed by atoms with Gasteiger partial charge >= 0.3 is 0 Å². The number of rotatable bonds is 5. The lowest BCUT2D eigenvalue weighted by molar-refractivity contribution is -0.120. The Labute approximate surface area is 113 Å². The van der Waals surface area contributed by atoms with Gasteiger partial charge in [0.2, 0.25) is 15.9 Å². The molecule has 1 atom stereocenters. The summed E-state index contributed by atoms with van der Waals surface area (Å²) >= 11 is 0. The van der Waals surface area contributed by atoms with E-state index in [9.17, 15) is 13.2 Å². The Balaban J connectivity index is 2.92. The van der Waals surface area contributed by atoms with E-state index in [2.05, 4.69) is 5.32 Å². The summed E-state index contributed by atoms with van der Waals surface area (Å²) in [5.41, 5.74) is 5.94. The maximum absolute atomic E-state index is 12.0. The van der Waals surface area contributed by atoms with Crippen molar-refractivity contribution >= 4 is 21.6 Å². The minimum Gasteiger partial charge on any atom is -0.330 e. The van der Waals surface area contributed by atoms with Crippen LogP contribution in [0.5, 0.6) is 0 Å². The average molecular weight is 285 g/mol. The zero-order valence-electron chi connectivity index (χ0n) is 11.0. The van der Waals surface area contributed by atoms with Gasteiger partial charge in [0.15, 0.2) is 0 Å². The Hall–Kier alpha value is -1.44. The molecule has 1 unspecified atom stereocenters. The van der Waals surface area contributed by atoms with E-state index in [1.165, 1.54) is 18.2 Å². The number of nitrogens with two attached hydrogens (primary N) is 2. The summed E-state index contributed by atoms with van der Waals surface area (Å²) < 4.78 is 22.4. The summed E-state index contributed by atoms with van der Waals surface area (Å²) in [6.07, 6.45) is 0. The highest BCUT2D eigenvalue weighted by molar-refractivity contribution is 7.89. The van der Waals surface area contributed by atoms with Crippen LogP contribution < -0.4 is 16.2 Å². The van der Waals surface area contributed by atoms with Gasteiger partial charge in [-0.15, -0.1) is 0 Å². The molecule has 1 amide bonds. The van der Waals surface area contributed by atoms with Gasteiger partial charge in [0.25, 0.3) is 0 Å². The minimum absolute atomic E-state index is 0.0425. The molecule has 0 aliphatic carbocycles. The lowest BCUT2D eigenvalue weighted by atomic mass is 9.95. The first-order valence-corrected chi connectivity index (χ1v) is 7.44. The predicted octanol–water partition coefficient (Wildman–Crippen LogP) is 0.503. The van der Waals surface area contributed by atoms with Gasteiger partial charge in [-0.25, -0.2) is 13.6 Å². The van der Waals surface area contributed by atoms with Crippen LogP contribution in [0.1, 0.15) is 13.8 Å². The number of benzene rings is 1. The highest BCUT2D eigenvalue weighted by Gasteiger charge is 2.20. The van der Waals surface area contributed by atoms with Crippen LogP contribution >= 0.6 is 0 Å². The molecule has 0 radical (unpaired) electrons. The van der Waals surface area contributed by atoms with Gasteiger partial charge in [0, 0.05) is 12.2 Å². The van der Waals surface area contributed by atoms with Crippen molar-refractivity contribution < 1.29 is 13.2 Å². The predicted molar refractivity (Wildman–Crippen MR) is 73.8 cm³/mol. The van der Waals surface area contributed by atoms with Crippen molar-refractivity contribution in [1.29, 1.82) is 0 Å². The number of anilines is 1. The monoisotopic (exact) mass is 285 g/mol. The summed E-state index contributed by atoms with van der Waals surface area (Å²) in [6, 6.07) is 5.80. The van der Waals surface area contributed by atoms with Crippen LogP contribution in [-0.4, -0.2) is 20.9 Å². The van der Waals surface area contributed by atoms with E-state index in [1.807, 2.05) is 13.8 Å².